The first-order chi connectivity index (χ1) is 6.91. The maximum atomic E-state index is 12.9. The van der Waals surface area contributed by atoms with Crippen LogP contribution in [0.2, 0.25) is 0 Å². The standard InChI is InChI=1S/C9H13FN2O3/c1-5(2)15-6(3)12-4-7(10)8(13)11-9(12)14/h4-6H,1-3H3,(H,11,13,14). The van der Waals surface area contributed by atoms with E-state index < -0.39 is 23.3 Å². The maximum Gasteiger partial charge on any atom is 0.330 e. The highest BCUT2D eigenvalue weighted by atomic mass is 19.1. The van der Waals surface area contributed by atoms with Gasteiger partial charge in [0, 0.05) is 0 Å². The van der Waals surface area contributed by atoms with Crippen molar-refractivity contribution < 1.29 is 9.13 Å². The Kier molecular flexibility index (Phi) is 3.41. The topological polar surface area (TPSA) is 64.1 Å². The number of H-pyrrole nitrogens is 1. The molecule has 1 aromatic heterocycles. The minimum atomic E-state index is -1.02. The second kappa shape index (κ2) is 4.39. The smallest absolute Gasteiger partial charge is 0.330 e. The number of hydrogen-bond donors (Lipinski definition) is 1. The third-order valence-corrected chi connectivity index (χ3v) is 1.79. The Morgan fingerprint density at radius 1 is 1.40 bits per heavy atom. The molecule has 0 saturated heterocycles. The van der Waals surface area contributed by atoms with Gasteiger partial charge in [-0.2, -0.15) is 4.39 Å². The van der Waals surface area contributed by atoms with Crippen LogP contribution >= 0.6 is 0 Å². The third-order valence-electron chi connectivity index (χ3n) is 1.79. The molecule has 0 radical (unpaired) electrons. The number of nitrogens with one attached hydrogen (secondary N) is 1. The molecule has 0 saturated carbocycles. The Hall–Kier alpha value is -1.43. The zero-order chi connectivity index (χ0) is 11.6. The Labute approximate surface area is 85.5 Å². The molecule has 0 aliphatic carbocycles. The first-order valence-corrected chi connectivity index (χ1v) is 4.58. The van der Waals surface area contributed by atoms with Gasteiger partial charge in [-0.05, 0) is 20.8 Å². The van der Waals surface area contributed by atoms with Gasteiger partial charge in [0.05, 0.1) is 12.3 Å². The van der Waals surface area contributed by atoms with Crippen LogP contribution in [0.25, 0.3) is 0 Å². The number of aromatic amines is 1. The average molecular weight is 216 g/mol. The van der Waals surface area contributed by atoms with Crippen molar-refractivity contribution in [3.05, 3.63) is 32.9 Å². The molecule has 5 nitrogen and oxygen atoms in total. The van der Waals surface area contributed by atoms with Gasteiger partial charge in [-0.1, -0.05) is 0 Å². The summed E-state index contributed by atoms with van der Waals surface area (Å²) in [6.45, 7) is 5.19. The van der Waals surface area contributed by atoms with Crippen molar-refractivity contribution in [1.82, 2.24) is 9.55 Å². The molecule has 0 spiro atoms. The SMILES string of the molecule is CC(C)OC(C)n1cc(F)c(=O)[nH]c1=O. The van der Waals surface area contributed by atoms with Crippen LogP contribution in [0.4, 0.5) is 4.39 Å². The van der Waals surface area contributed by atoms with Crippen LogP contribution in [0.3, 0.4) is 0 Å². The molecule has 0 aliphatic rings. The Balaban J connectivity index is 3.10. The van der Waals surface area contributed by atoms with Crippen LogP contribution in [0.15, 0.2) is 15.8 Å². The molecule has 1 rings (SSSR count). The van der Waals surface area contributed by atoms with Crippen molar-refractivity contribution in [1.29, 1.82) is 0 Å². The summed E-state index contributed by atoms with van der Waals surface area (Å²) >= 11 is 0. The van der Waals surface area contributed by atoms with Crippen LogP contribution in [-0.4, -0.2) is 15.7 Å². The number of nitrogens with zero attached hydrogens (tertiary/aromatic N) is 1. The summed E-state index contributed by atoms with van der Waals surface area (Å²) in [5.41, 5.74) is -1.71. The van der Waals surface area contributed by atoms with E-state index in [0.717, 1.165) is 10.8 Å². The lowest BCUT2D eigenvalue weighted by Crippen LogP contribution is -2.34. The lowest BCUT2D eigenvalue weighted by molar-refractivity contribution is -0.0282. The summed E-state index contributed by atoms with van der Waals surface area (Å²) in [5, 5.41) is 0. The molecule has 1 aromatic rings. The predicted octanol–water partition coefficient (Wildman–Crippen LogP) is 0.619. The highest BCUT2D eigenvalue weighted by Gasteiger charge is 2.11. The van der Waals surface area contributed by atoms with Crippen LogP contribution in [0, 0.1) is 5.82 Å². The molecule has 1 heterocycles. The van der Waals surface area contributed by atoms with Crippen LogP contribution in [0.1, 0.15) is 27.0 Å². The highest BCUT2D eigenvalue weighted by molar-refractivity contribution is 4.87. The van der Waals surface area contributed by atoms with Crippen LogP contribution in [-0.2, 0) is 4.74 Å². The first-order valence-electron chi connectivity index (χ1n) is 4.58. The van der Waals surface area contributed by atoms with Crippen molar-refractivity contribution in [2.24, 2.45) is 0 Å². The molecular formula is C9H13FN2O3. The maximum absolute atomic E-state index is 12.9. The van der Waals surface area contributed by atoms with E-state index in [9.17, 15) is 14.0 Å². The van der Waals surface area contributed by atoms with E-state index in [1.54, 1.807) is 20.8 Å². The molecule has 1 atom stereocenters. The van der Waals surface area contributed by atoms with Crippen molar-refractivity contribution in [2.45, 2.75) is 33.1 Å². The van der Waals surface area contributed by atoms with Gasteiger partial charge in [-0.25, -0.2) is 4.79 Å². The number of hydrogen-bond acceptors (Lipinski definition) is 3. The molecular weight excluding hydrogens is 203 g/mol. The Morgan fingerprint density at radius 2 is 2.00 bits per heavy atom. The van der Waals surface area contributed by atoms with Gasteiger partial charge in [0.15, 0.2) is 0 Å². The fraction of sp³-hybridized carbons (Fsp3) is 0.556. The van der Waals surface area contributed by atoms with Crippen molar-refractivity contribution in [2.75, 3.05) is 0 Å². The molecule has 0 bridgehead atoms. The summed E-state index contributed by atoms with van der Waals surface area (Å²) in [4.78, 5) is 23.9. The van der Waals surface area contributed by atoms with E-state index >= 15 is 0 Å². The molecule has 0 aliphatic heterocycles. The summed E-state index contributed by atoms with van der Waals surface area (Å²) in [6.07, 6.45) is 0.125. The van der Waals surface area contributed by atoms with E-state index in [2.05, 4.69) is 0 Å². The summed E-state index contributed by atoms with van der Waals surface area (Å²) in [5.74, 6) is -1.01. The normalized spacial score (nSPS) is 13.1. The molecule has 0 aromatic carbocycles. The van der Waals surface area contributed by atoms with E-state index in [4.69, 9.17) is 4.74 Å². The number of ether oxygens (including phenoxy) is 1. The van der Waals surface area contributed by atoms with Crippen molar-refractivity contribution in [3.8, 4) is 0 Å². The second-order valence-corrected chi connectivity index (χ2v) is 3.43. The highest BCUT2D eigenvalue weighted by Crippen LogP contribution is 2.06. The molecule has 0 fully saturated rings. The molecule has 0 amide bonds. The van der Waals surface area contributed by atoms with Crippen molar-refractivity contribution in [3.63, 3.8) is 0 Å². The Bertz CT molecular complexity index is 449. The second-order valence-electron chi connectivity index (χ2n) is 3.43. The Morgan fingerprint density at radius 3 is 2.53 bits per heavy atom. The lowest BCUT2D eigenvalue weighted by Gasteiger charge is -2.17. The summed E-state index contributed by atoms with van der Waals surface area (Å²) in [6, 6.07) is 0. The third kappa shape index (κ3) is 2.76. The van der Waals surface area contributed by atoms with E-state index in [1.165, 1.54) is 0 Å². The first kappa shape index (κ1) is 11.6. The molecule has 15 heavy (non-hydrogen) atoms. The molecule has 6 heteroatoms. The summed E-state index contributed by atoms with van der Waals surface area (Å²) < 4.78 is 19.2. The van der Waals surface area contributed by atoms with Gasteiger partial charge < -0.3 is 4.74 Å². The van der Waals surface area contributed by atoms with Gasteiger partial charge in [-0.15, -0.1) is 0 Å². The minimum absolute atomic E-state index is 0.0955. The number of rotatable bonds is 3. The van der Waals surface area contributed by atoms with E-state index in [0.29, 0.717) is 0 Å². The van der Waals surface area contributed by atoms with Crippen molar-refractivity contribution >= 4 is 0 Å². The van der Waals surface area contributed by atoms with Gasteiger partial charge in [0.2, 0.25) is 5.82 Å². The van der Waals surface area contributed by atoms with Gasteiger partial charge in [0.25, 0.3) is 5.56 Å². The van der Waals surface area contributed by atoms with Crippen LogP contribution < -0.4 is 11.2 Å². The van der Waals surface area contributed by atoms with Gasteiger partial charge >= 0.3 is 5.69 Å². The summed E-state index contributed by atoms with van der Waals surface area (Å²) in [7, 11) is 0. The fourth-order valence-corrected chi connectivity index (χ4v) is 1.19. The quantitative estimate of drug-likeness (QED) is 0.805. The number of aromatic nitrogens is 2. The average Bonchev–Trinajstić information content (AvgIpc) is 2.09. The van der Waals surface area contributed by atoms with Crippen LogP contribution in [0.5, 0.6) is 0 Å². The molecule has 1 unspecified atom stereocenters. The predicted molar refractivity (Wildman–Crippen MR) is 52.2 cm³/mol. The largest absolute Gasteiger partial charge is 0.356 e. The van der Waals surface area contributed by atoms with Gasteiger partial charge in [0.1, 0.15) is 6.23 Å². The number of halogens is 1. The zero-order valence-corrected chi connectivity index (χ0v) is 8.78. The van der Waals surface area contributed by atoms with Gasteiger partial charge in [-0.3, -0.25) is 14.3 Å². The molecule has 84 valence electrons. The monoisotopic (exact) mass is 216 g/mol. The zero-order valence-electron chi connectivity index (χ0n) is 8.78. The molecule has 1 N–H and O–H groups in total. The fourth-order valence-electron chi connectivity index (χ4n) is 1.19. The van der Waals surface area contributed by atoms with E-state index in [1.807, 2.05) is 4.98 Å². The lowest BCUT2D eigenvalue weighted by atomic mass is 10.4. The van der Waals surface area contributed by atoms with E-state index in [-0.39, 0.29) is 6.10 Å². The minimum Gasteiger partial charge on any atom is -0.356 e.